The highest BCUT2D eigenvalue weighted by atomic mass is 19.1. The molecule has 0 aliphatic carbocycles. The van der Waals surface area contributed by atoms with Crippen LogP contribution < -0.4 is 5.32 Å². The van der Waals surface area contributed by atoms with Crippen molar-refractivity contribution in [3.05, 3.63) is 77.1 Å². The molecule has 7 nitrogen and oxygen atoms in total. The first kappa shape index (κ1) is 21.7. The van der Waals surface area contributed by atoms with Crippen LogP contribution in [0.4, 0.5) is 10.1 Å². The van der Waals surface area contributed by atoms with Gasteiger partial charge in [-0.05, 0) is 69.2 Å². The Hall–Kier alpha value is -3.55. The number of carbonyl (C=O) groups excluding carboxylic acids is 2. The number of anilines is 1. The molecule has 1 aliphatic heterocycles. The molecule has 4 rings (SSSR count). The molecule has 3 heterocycles. The van der Waals surface area contributed by atoms with Crippen LogP contribution >= 0.6 is 0 Å². The molecule has 0 unspecified atom stereocenters. The maximum atomic E-state index is 13.0. The Balaban J connectivity index is 1.30. The first-order chi connectivity index (χ1) is 15.4. The van der Waals surface area contributed by atoms with Gasteiger partial charge in [-0.25, -0.2) is 4.39 Å². The fraction of sp³-hybridized carbons (Fsp3) is 0.333. The number of amides is 2. The van der Waals surface area contributed by atoms with E-state index >= 15 is 0 Å². The molecule has 2 aromatic heterocycles. The average Bonchev–Trinajstić information content (AvgIpc) is 3.12. The molecule has 0 bridgehead atoms. The molecule has 0 radical (unpaired) electrons. The maximum absolute atomic E-state index is 13.0. The molecule has 1 saturated heterocycles. The maximum Gasteiger partial charge on any atom is 0.257 e. The number of nitrogens with zero attached hydrogens (tertiary/aromatic N) is 4. The average molecular weight is 436 g/mol. The molecule has 1 fully saturated rings. The summed E-state index contributed by atoms with van der Waals surface area (Å²) in [6.45, 7) is 5.49. The Bertz CT molecular complexity index is 1100. The molecular weight excluding hydrogens is 409 g/mol. The number of rotatable bonds is 5. The number of piperidine rings is 1. The summed E-state index contributed by atoms with van der Waals surface area (Å²) in [7, 11) is 0. The summed E-state index contributed by atoms with van der Waals surface area (Å²) in [5, 5.41) is 7.10. The van der Waals surface area contributed by atoms with E-state index in [0.29, 0.717) is 24.3 Å². The van der Waals surface area contributed by atoms with Gasteiger partial charge >= 0.3 is 0 Å². The molecule has 0 saturated carbocycles. The number of carbonyl (C=O) groups is 2. The first-order valence-corrected chi connectivity index (χ1v) is 10.7. The van der Waals surface area contributed by atoms with E-state index in [-0.39, 0.29) is 30.1 Å². The topological polar surface area (TPSA) is 80.1 Å². The molecule has 0 spiro atoms. The fourth-order valence-electron chi connectivity index (χ4n) is 4.01. The molecule has 32 heavy (non-hydrogen) atoms. The molecule has 2 amide bonds. The number of nitrogens with one attached hydrogen (secondary N) is 1. The first-order valence-electron chi connectivity index (χ1n) is 10.7. The van der Waals surface area contributed by atoms with Crippen molar-refractivity contribution in [2.45, 2.75) is 39.2 Å². The van der Waals surface area contributed by atoms with Crippen molar-refractivity contribution in [3.63, 3.8) is 0 Å². The van der Waals surface area contributed by atoms with Crippen LogP contribution in [0.2, 0.25) is 0 Å². The molecule has 3 aromatic rings. The second-order valence-electron chi connectivity index (χ2n) is 8.17. The SMILES string of the molecule is Cc1cc(C)n(CC(=O)N2CCC(c3ccc(C(=O)Nc4ccc(F)cc4)cn3)CC2)n1. The molecule has 8 heteroatoms. The van der Waals surface area contributed by atoms with Gasteiger partial charge in [0.05, 0.1) is 11.3 Å². The lowest BCUT2D eigenvalue weighted by molar-refractivity contribution is -0.133. The van der Waals surface area contributed by atoms with Gasteiger partial charge < -0.3 is 10.2 Å². The number of hydrogen-bond acceptors (Lipinski definition) is 4. The highest BCUT2D eigenvalue weighted by Gasteiger charge is 2.25. The van der Waals surface area contributed by atoms with Crippen LogP contribution in [0.15, 0.2) is 48.7 Å². The molecular formula is C24H26FN5O2. The van der Waals surface area contributed by atoms with Gasteiger partial charge in [0.2, 0.25) is 5.91 Å². The smallest absolute Gasteiger partial charge is 0.257 e. The Kier molecular flexibility index (Phi) is 6.30. The van der Waals surface area contributed by atoms with Crippen molar-refractivity contribution in [2.75, 3.05) is 18.4 Å². The van der Waals surface area contributed by atoms with Gasteiger partial charge in [-0.3, -0.25) is 19.3 Å². The zero-order valence-electron chi connectivity index (χ0n) is 18.2. The number of pyridine rings is 1. The molecule has 166 valence electrons. The van der Waals surface area contributed by atoms with Crippen LogP contribution in [0.25, 0.3) is 0 Å². The van der Waals surface area contributed by atoms with Gasteiger partial charge in [0.15, 0.2) is 0 Å². The minimum absolute atomic E-state index is 0.0791. The van der Waals surface area contributed by atoms with E-state index in [1.807, 2.05) is 30.9 Å². The van der Waals surface area contributed by atoms with Gasteiger partial charge in [-0.15, -0.1) is 0 Å². The lowest BCUT2D eigenvalue weighted by Crippen LogP contribution is -2.40. The summed E-state index contributed by atoms with van der Waals surface area (Å²) >= 11 is 0. The minimum atomic E-state index is -0.353. The predicted octanol–water partition coefficient (Wildman–Crippen LogP) is 3.69. The van der Waals surface area contributed by atoms with E-state index in [2.05, 4.69) is 15.4 Å². The van der Waals surface area contributed by atoms with Gasteiger partial charge in [-0.2, -0.15) is 5.10 Å². The van der Waals surface area contributed by atoms with Crippen LogP contribution in [-0.2, 0) is 11.3 Å². The van der Waals surface area contributed by atoms with Crippen LogP contribution in [0, 0.1) is 19.7 Å². The quantitative estimate of drug-likeness (QED) is 0.663. The van der Waals surface area contributed by atoms with E-state index in [1.54, 1.807) is 16.9 Å². The number of hydrogen-bond donors (Lipinski definition) is 1. The third-order valence-corrected chi connectivity index (χ3v) is 5.80. The Labute approximate surface area is 186 Å². The highest BCUT2D eigenvalue weighted by molar-refractivity contribution is 6.04. The molecule has 1 aromatic carbocycles. The fourth-order valence-corrected chi connectivity index (χ4v) is 4.01. The van der Waals surface area contributed by atoms with Crippen LogP contribution in [0.3, 0.4) is 0 Å². The molecule has 0 atom stereocenters. The van der Waals surface area contributed by atoms with Gasteiger partial charge in [0.25, 0.3) is 5.91 Å². The van der Waals surface area contributed by atoms with Crippen molar-refractivity contribution >= 4 is 17.5 Å². The minimum Gasteiger partial charge on any atom is -0.341 e. The second kappa shape index (κ2) is 9.30. The van der Waals surface area contributed by atoms with Crippen molar-refractivity contribution < 1.29 is 14.0 Å². The van der Waals surface area contributed by atoms with Crippen molar-refractivity contribution in [1.82, 2.24) is 19.7 Å². The summed E-state index contributed by atoms with van der Waals surface area (Å²) in [6.07, 6.45) is 3.22. The summed E-state index contributed by atoms with van der Waals surface area (Å²) in [5.41, 5.74) is 3.79. The van der Waals surface area contributed by atoms with E-state index in [0.717, 1.165) is 29.9 Å². The number of aromatic nitrogens is 3. The van der Waals surface area contributed by atoms with Crippen molar-refractivity contribution in [2.24, 2.45) is 0 Å². The Morgan fingerprint density at radius 1 is 1.09 bits per heavy atom. The standard InChI is InChI=1S/C24H26FN5O2/c1-16-13-17(2)30(28-16)15-23(31)29-11-9-18(10-12-29)22-8-3-19(14-26-22)24(32)27-21-6-4-20(25)5-7-21/h3-8,13-14,18H,9-12,15H2,1-2H3,(H,27,32). The molecule has 1 N–H and O–H groups in total. The van der Waals surface area contributed by atoms with E-state index in [9.17, 15) is 14.0 Å². The van der Waals surface area contributed by atoms with Crippen molar-refractivity contribution in [1.29, 1.82) is 0 Å². The van der Waals surface area contributed by atoms with E-state index < -0.39 is 0 Å². The van der Waals surface area contributed by atoms with Crippen LogP contribution in [0.5, 0.6) is 0 Å². The third-order valence-electron chi connectivity index (χ3n) is 5.80. The zero-order chi connectivity index (χ0) is 22.7. The largest absolute Gasteiger partial charge is 0.341 e. The zero-order valence-corrected chi connectivity index (χ0v) is 18.2. The Morgan fingerprint density at radius 3 is 2.41 bits per heavy atom. The number of aryl methyl sites for hydroxylation is 2. The van der Waals surface area contributed by atoms with Gasteiger partial charge in [0, 0.05) is 42.3 Å². The number of benzene rings is 1. The van der Waals surface area contributed by atoms with Crippen LogP contribution in [0.1, 0.15) is 46.2 Å². The third kappa shape index (κ3) is 5.01. The molecule has 1 aliphatic rings. The second-order valence-corrected chi connectivity index (χ2v) is 8.17. The lowest BCUT2D eigenvalue weighted by atomic mass is 9.92. The highest BCUT2D eigenvalue weighted by Crippen LogP contribution is 2.27. The number of halogens is 1. The van der Waals surface area contributed by atoms with Crippen molar-refractivity contribution in [3.8, 4) is 0 Å². The van der Waals surface area contributed by atoms with Crippen LogP contribution in [-0.4, -0.2) is 44.6 Å². The lowest BCUT2D eigenvalue weighted by Gasteiger charge is -2.32. The normalized spacial score (nSPS) is 14.4. The summed E-state index contributed by atoms with van der Waals surface area (Å²) in [6, 6.07) is 11.2. The summed E-state index contributed by atoms with van der Waals surface area (Å²) < 4.78 is 14.8. The summed E-state index contributed by atoms with van der Waals surface area (Å²) in [4.78, 5) is 31.4. The van der Waals surface area contributed by atoms with Gasteiger partial charge in [0.1, 0.15) is 12.4 Å². The van der Waals surface area contributed by atoms with Gasteiger partial charge in [-0.1, -0.05) is 0 Å². The van der Waals surface area contributed by atoms with E-state index in [1.165, 1.54) is 24.3 Å². The monoisotopic (exact) mass is 435 g/mol. The Morgan fingerprint density at radius 2 is 1.81 bits per heavy atom. The predicted molar refractivity (Wildman–Crippen MR) is 119 cm³/mol. The van der Waals surface area contributed by atoms with E-state index in [4.69, 9.17) is 0 Å². The summed E-state index contributed by atoms with van der Waals surface area (Å²) in [5.74, 6) is -0.314. The number of likely N-dealkylation sites (tertiary alicyclic amines) is 1.